The molecule has 0 aromatic heterocycles. The van der Waals surface area contributed by atoms with Crippen molar-refractivity contribution in [2.45, 2.75) is 31.8 Å². The van der Waals surface area contributed by atoms with Crippen molar-refractivity contribution in [3.8, 4) is 11.5 Å². The van der Waals surface area contributed by atoms with Crippen LogP contribution in [0.1, 0.15) is 35.2 Å². The maximum Gasteiger partial charge on any atom is 0.415 e. The third-order valence-corrected chi connectivity index (χ3v) is 5.13. The maximum absolute atomic E-state index is 12.6. The highest BCUT2D eigenvalue weighted by atomic mass is 16.6. The molecule has 1 amide bonds. The summed E-state index contributed by atoms with van der Waals surface area (Å²) in [6, 6.07) is 14.8. The number of likely N-dealkylation sites (tertiary alicyclic amines) is 1. The number of aryl methyl sites for hydroxylation is 1. The molecule has 2 aliphatic heterocycles. The molecule has 5 nitrogen and oxygen atoms in total. The van der Waals surface area contributed by atoms with Gasteiger partial charge in [-0.25, -0.2) is 4.79 Å². The average Bonchev–Trinajstić information content (AvgIpc) is 2.64. The normalized spacial score (nSPS) is 18.2. The summed E-state index contributed by atoms with van der Waals surface area (Å²) in [7, 11) is 0. The molecule has 5 heteroatoms. The summed E-state index contributed by atoms with van der Waals surface area (Å²) in [4.78, 5) is 26.6. The summed E-state index contributed by atoms with van der Waals surface area (Å²) in [6.45, 7) is 3.00. The quantitative estimate of drug-likeness (QED) is 0.779. The molecule has 26 heavy (non-hydrogen) atoms. The van der Waals surface area contributed by atoms with E-state index in [2.05, 4.69) is 0 Å². The number of hydrogen-bond donors (Lipinski definition) is 0. The molecule has 1 saturated heterocycles. The molecule has 2 aromatic rings. The van der Waals surface area contributed by atoms with Gasteiger partial charge in [-0.05, 0) is 31.2 Å². The predicted molar refractivity (Wildman–Crippen MR) is 96.8 cm³/mol. The van der Waals surface area contributed by atoms with E-state index in [-0.39, 0.29) is 11.9 Å². The number of rotatable bonds is 1. The molecule has 2 aromatic carbocycles. The lowest BCUT2D eigenvalue weighted by atomic mass is 9.82. The number of piperidine rings is 1. The zero-order valence-corrected chi connectivity index (χ0v) is 14.7. The molecule has 1 fully saturated rings. The van der Waals surface area contributed by atoms with Crippen LogP contribution in [-0.2, 0) is 0 Å². The summed E-state index contributed by atoms with van der Waals surface area (Å²) in [6.07, 6.45) is 1.25. The van der Waals surface area contributed by atoms with E-state index in [1.54, 1.807) is 17.0 Å². The van der Waals surface area contributed by atoms with Gasteiger partial charge in [0, 0.05) is 25.9 Å². The van der Waals surface area contributed by atoms with Crippen molar-refractivity contribution in [1.82, 2.24) is 4.90 Å². The third-order valence-electron chi connectivity index (χ3n) is 5.13. The first-order chi connectivity index (χ1) is 12.5. The Morgan fingerprint density at radius 2 is 1.85 bits per heavy atom. The van der Waals surface area contributed by atoms with Gasteiger partial charge in [-0.15, -0.1) is 0 Å². The van der Waals surface area contributed by atoms with Crippen molar-refractivity contribution in [2.24, 2.45) is 0 Å². The Morgan fingerprint density at radius 1 is 1.12 bits per heavy atom. The van der Waals surface area contributed by atoms with Gasteiger partial charge in [0.25, 0.3) is 0 Å². The lowest BCUT2D eigenvalue weighted by Crippen LogP contribution is -2.52. The van der Waals surface area contributed by atoms with Gasteiger partial charge < -0.3 is 14.4 Å². The van der Waals surface area contributed by atoms with Gasteiger partial charge in [0.2, 0.25) is 0 Å². The number of benzene rings is 2. The first-order valence-electron chi connectivity index (χ1n) is 8.89. The molecule has 4 rings (SSSR count). The fraction of sp³-hybridized carbons (Fsp3) is 0.333. The molecule has 0 saturated carbocycles. The molecule has 134 valence electrons. The molecule has 0 unspecified atom stereocenters. The van der Waals surface area contributed by atoms with E-state index in [0.29, 0.717) is 49.4 Å². The Labute approximate surface area is 152 Å². The van der Waals surface area contributed by atoms with E-state index in [0.717, 1.165) is 5.56 Å². The second-order valence-electron chi connectivity index (χ2n) is 7.05. The molecule has 2 aliphatic rings. The van der Waals surface area contributed by atoms with Crippen LogP contribution in [0.2, 0.25) is 0 Å². The number of carbonyl (C=O) groups is 2. The van der Waals surface area contributed by atoms with Crippen LogP contribution in [-0.4, -0.2) is 35.5 Å². The SMILES string of the molecule is Cc1ccc2c(c1)C(=O)CC1(CCN(C(=O)Oc3ccccc3)CC1)O2. The van der Waals surface area contributed by atoms with Crippen molar-refractivity contribution in [3.63, 3.8) is 0 Å². The third kappa shape index (κ3) is 3.17. The largest absolute Gasteiger partial charge is 0.486 e. The van der Waals surface area contributed by atoms with Crippen molar-refractivity contribution in [1.29, 1.82) is 0 Å². The number of ketones is 1. The Balaban J connectivity index is 1.42. The number of ether oxygens (including phenoxy) is 2. The van der Waals surface area contributed by atoms with Crippen LogP contribution < -0.4 is 9.47 Å². The van der Waals surface area contributed by atoms with Gasteiger partial charge in [-0.2, -0.15) is 0 Å². The van der Waals surface area contributed by atoms with Crippen molar-refractivity contribution < 1.29 is 19.1 Å². The first-order valence-corrected chi connectivity index (χ1v) is 8.89. The minimum atomic E-state index is -0.511. The number of carbonyl (C=O) groups excluding carboxylic acids is 2. The number of para-hydroxylation sites is 1. The maximum atomic E-state index is 12.6. The van der Waals surface area contributed by atoms with Crippen LogP contribution >= 0.6 is 0 Å². The van der Waals surface area contributed by atoms with Gasteiger partial charge in [-0.1, -0.05) is 29.8 Å². The van der Waals surface area contributed by atoms with Gasteiger partial charge in [0.1, 0.15) is 17.1 Å². The summed E-state index contributed by atoms with van der Waals surface area (Å²) in [5.74, 6) is 1.31. The molecule has 0 atom stereocenters. The standard InChI is InChI=1S/C21H21NO4/c1-15-7-8-19-17(13-15)18(23)14-21(26-19)9-11-22(12-10-21)20(24)25-16-5-3-2-4-6-16/h2-8,13H,9-12,14H2,1H3. The number of amides is 1. The average molecular weight is 351 g/mol. The molecule has 0 bridgehead atoms. The molecular weight excluding hydrogens is 330 g/mol. The summed E-state index contributed by atoms with van der Waals surface area (Å²) in [5.41, 5.74) is 1.21. The molecule has 0 aliphatic carbocycles. The van der Waals surface area contributed by atoms with E-state index in [9.17, 15) is 9.59 Å². The Kier molecular flexibility index (Phi) is 4.15. The summed E-state index contributed by atoms with van der Waals surface area (Å²) in [5, 5.41) is 0. The molecule has 2 heterocycles. The van der Waals surface area contributed by atoms with E-state index >= 15 is 0 Å². The highest BCUT2D eigenvalue weighted by Crippen LogP contribution is 2.39. The van der Waals surface area contributed by atoms with Crippen LogP contribution in [0.3, 0.4) is 0 Å². The van der Waals surface area contributed by atoms with E-state index < -0.39 is 5.60 Å². The predicted octanol–water partition coefficient (Wildman–Crippen LogP) is 3.99. The Bertz CT molecular complexity index is 838. The summed E-state index contributed by atoms with van der Waals surface area (Å²) >= 11 is 0. The van der Waals surface area contributed by atoms with Crippen LogP contribution in [0.4, 0.5) is 4.79 Å². The van der Waals surface area contributed by atoms with E-state index in [4.69, 9.17) is 9.47 Å². The fourth-order valence-corrected chi connectivity index (χ4v) is 3.64. The van der Waals surface area contributed by atoms with E-state index in [1.165, 1.54) is 0 Å². The zero-order chi connectivity index (χ0) is 18.1. The van der Waals surface area contributed by atoms with Gasteiger partial charge in [0.15, 0.2) is 5.78 Å². The van der Waals surface area contributed by atoms with Crippen molar-refractivity contribution in [3.05, 3.63) is 59.7 Å². The van der Waals surface area contributed by atoms with Crippen LogP contribution in [0.25, 0.3) is 0 Å². The lowest BCUT2D eigenvalue weighted by molar-refractivity contribution is -0.00441. The minimum absolute atomic E-state index is 0.121. The number of fused-ring (bicyclic) bond motifs is 1. The van der Waals surface area contributed by atoms with Gasteiger partial charge in [0.05, 0.1) is 12.0 Å². The van der Waals surface area contributed by atoms with Crippen LogP contribution in [0.5, 0.6) is 11.5 Å². The molecular formula is C21H21NO4. The Hall–Kier alpha value is -2.82. The van der Waals surface area contributed by atoms with Gasteiger partial charge >= 0.3 is 6.09 Å². The monoisotopic (exact) mass is 351 g/mol. The molecule has 1 spiro atoms. The minimum Gasteiger partial charge on any atom is -0.486 e. The van der Waals surface area contributed by atoms with Crippen molar-refractivity contribution in [2.75, 3.05) is 13.1 Å². The highest BCUT2D eigenvalue weighted by Gasteiger charge is 2.43. The summed E-state index contributed by atoms with van der Waals surface area (Å²) < 4.78 is 11.6. The molecule has 0 radical (unpaired) electrons. The number of hydrogen-bond acceptors (Lipinski definition) is 4. The number of Topliss-reactive ketones (excluding diaryl/α,β-unsaturated/α-hetero) is 1. The van der Waals surface area contributed by atoms with Gasteiger partial charge in [-0.3, -0.25) is 4.79 Å². The first kappa shape index (κ1) is 16.6. The lowest BCUT2D eigenvalue weighted by Gasteiger charge is -2.43. The second kappa shape index (κ2) is 6.48. The van der Waals surface area contributed by atoms with Crippen molar-refractivity contribution >= 4 is 11.9 Å². The van der Waals surface area contributed by atoms with Crippen LogP contribution in [0.15, 0.2) is 48.5 Å². The fourth-order valence-electron chi connectivity index (χ4n) is 3.64. The smallest absolute Gasteiger partial charge is 0.415 e. The van der Waals surface area contributed by atoms with E-state index in [1.807, 2.05) is 43.3 Å². The zero-order valence-electron chi connectivity index (χ0n) is 14.7. The topological polar surface area (TPSA) is 55.8 Å². The van der Waals surface area contributed by atoms with Crippen LogP contribution in [0, 0.1) is 6.92 Å². The second-order valence-corrected chi connectivity index (χ2v) is 7.05. The highest BCUT2D eigenvalue weighted by molar-refractivity contribution is 6.00. The molecule has 0 N–H and O–H groups in total. The Morgan fingerprint density at radius 3 is 2.58 bits per heavy atom. The number of nitrogens with zero attached hydrogens (tertiary/aromatic N) is 1.